The van der Waals surface area contributed by atoms with Gasteiger partial charge in [-0.05, 0) is 72.9 Å². The Balaban J connectivity index is 1.39. The van der Waals surface area contributed by atoms with Crippen LogP contribution in [0.15, 0.2) is 71.1 Å². The molecule has 1 heterocycles. The molecule has 5 heteroatoms. The number of oxazole rings is 1. The van der Waals surface area contributed by atoms with Crippen LogP contribution in [0, 0.1) is 6.92 Å². The van der Waals surface area contributed by atoms with Crippen molar-refractivity contribution in [3.05, 3.63) is 77.9 Å². The van der Waals surface area contributed by atoms with Gasteiger partial charge in [-0.3, -0.25) is 4.79 Å². The van der Waals surface area contributed by atoms with Gasteiger partial charge in [-0.1, -0.05) is 38.1 Å². The maximum atomic E-state index is 12.4. The number of nitrogens with zero attached hydrogens (tertiary/aromatic N) is 1. The number of hydrogen-bond donors (Lipinski definition) is 1. The molecule has 1 aromatic heterocycles. The molecule has 0 radical (unpaired) electrons. The molecule has 4 aromatic rings. The van der Waals surface area contributed by atoms with Gasteiger partial charge in [-0.2, -0.15) is 0 Å². The smallest absolute Gasteiger partial charge is 0.262 e. The summed E-state index contributed by atoms with van der Waals surface area (Å²) in [7, 11) is 0. The first-order valence-corrected chi connectivity index (χ1v) is 10.5. The second-order valence-corrected chi connectivity index (χ2v) is 7.79. The lowest BCUT2D eigenvalue weighted by molar-refractivity contribution is -0.118. The summed E-state index contributed by atoms with van der Waals surface area (Å²) >= 11 is 0. The predicted octanol–water partition coefficient (Wildman–Crippen LogP) is 6.33. The van der Waals surface area contributed by atoms with Crippen molar-refractivity contribution in [2.75, 3.05) is 11.9 Å². The normalized spacial score (nSPS) is 12.0. The zero-order chi connectivity index (χ0) is 21.8. The van der Waals surface area contributed by atoms with E-state index in [2.05, 4.69) is 24.1 Å². The molecule has 158 valence electrons. The van der Waals surface area contributed by atoms with Gasteiger partial charge in [-0.25, -0.2) is 4.98 Å². The zero-order valence-corrected chi connectivity index (χ0v) is 18.0. The minimum absolute atomic E-state index is 0.0604. The number of carbonyl (C=O) groups is 1. The first kappa shape index (κ1) is 20.7. The van der Waals surface area contributed by atoms with Gasteiger partial charge in [0.05, 0.1) is 0 Å². The number of rotatable bonds is 7. The van der Waals surface area contributed by atoms with Crippen LogP contribution in [0.1, 0.15) is 37.3 Å². The number of fused-ring (bicyclic) bond motifs is 1. The van der Waals surface area contributed by atoms with Gasteiger partial charge in [0.15, 0.2) is 12.2 Å². The van der Waals surface area contributed by atoms with Gasteiger partial charge in [0.25, 0.3) is 5.91 Å². The summed E-state index contributed by atoms with van der Waals surface area (Å²) in [4.78, 5) is 16.9. The molecule has 0 fully saturated rings. The van der Waals surface area contributed by atoms with Crippen molar-refractivity contribution in [2.24, 2.45) is 0 Å². The van der Waals surface area contributed by atoms with Crippen LogP contribution in [0.2, 0.25) is 0 Å². The highest BCUT2D eigenvalue weighted by atomic mass is 16.5. The molecule has 3 aromatic carbocycles. The second kappa shape index (κ2) is 9.04. The van der Waals surface area contributed by atoms with E-state index in [1.165, 1.54) is 5.56 Å². The summed E-state index contributed by atoms with van der Waals surface area (Å²) in [5.41, 5.74) is 5.40. The van der Waals surface area contributed by atoms with Crippen LogP contribution in [0.25, 0.3) is 22.6 Å². The number of carbonyl (C=O) groups excluding carboxylic acids is 1. The third-order valence-corrected chi connectivity index (χ3v) is 5.37. The lowest BCUT2D eigenvalue weighted by Crippen LogP contribution is -2.20. The summed E-state index contributed by atoms with van der Waals surface area (Å²) in [5.74, 6) is 1.48. The van der Waals surface area contributed by atoms with Crippen LogP contribution in [-0.2, 0) is 4.79 Å². The average molecular weight is 415 g/mol. The van der Waals surface area contributed by atoms with Gasteiger partial charge in [0.2, 0.25) is 5.89 Å². The molecule has 31 heavy (non-hydrogen) atoms. The van der Waals surface area contributed by atoms with Gasteiger partial charge in [0.1, 0.15) is 11.3 Å². The van der Waals surface area contributed by atoms with E-state index >= 15 is 0 Å². The SMILES string of the molecule is CCC(C)c1ccc(OCC(=O)Nc2cccc(-c3nc4ccc(C)cc4o3)c2)cc1. The number of anilines is 1. The van der Waals surface area contributed by atoms with E-state index in [-0.39, 0.29) is 12.5 Å². The maximum Gasteiger partial charge on any atom is 0.262 e. The maximum absolute atomic E-state index is 12.4. The zero-order valence-electron chi connectivity index (χ0n) is 18.0. The molecular formula is C26H26N2O3. The highest BCUT2D eigenvalue weighted by Gasteiger charge is 2.11. The minimum atomic E-state index is -0.226. The topological polar surface area (TPSA) is 64.4 Å². The standard InChI is InChI=1S/C26H26N2O3/c1-4-18(3)19-9-11-22(12-10-19)30-16-25(29)27-21-7-5-6-20(15-21)26-28-23-13-8-17(2)14-24(23)31-26/h5-15,18H,4,16H2,1-3H3,(H,27,29). The predicted molar refractivity (Wildman–Crippen MR) is 123 cm³/mol. The van der Waals surface area contributed by atoms with Crippen LogP contribution in [-0.4, -0.2) is 17.5 Å². The first-order valence-electron chi connectivity index (χ1n) is 10.5. The van der Waals surface area contributed by atoms with E-state index in [1.807, 2.05) is 73.7 Å². The summed E-state index contributed by atoms with van der Waals surface area (Å²) in [6.07, 6.45) is 1.09. The highest BCUT2D eigenvalue weighted by Crippen LogP contribution is 2.27. The van der Waals surface area contributed by atoms with Crippen molar-refractivity contribution in [1.82, 2.24) is 4.98 Å². The van der Waals surface area contributed by atoms with E-state index < -0.39 is 0 Å². The molecule has 0 saturated carbocycles. The van der Waals surface area contributed by atoms with Crippen LogP contribution in [0.4, 0.5) is 5.69 Å². The van der Waals surface area contributed by atoms with Crippen LogP contribution < -0.4 is 10.1 Å². The van der Waals surface area contributed by atoms with Gasteiger partial charge in [0, 0.05) is 11.3 Å². The Hall–Kier alpha value is -3.60. The van der Waals surface area contributed by atoms with E-state index in [1.54, 1.807) is 0 Å². The molecule has 1 unspecified atom stereocenters. The van der Waals surface area contributed by atoms with Crippen LogP contribution in [0.3, 0.4) is 0 Å². The van der Waals surface area contributed by atoms with E-state index in [4.69, 9.17) is 9.15 Å². The molecule has 1 N–H and O–H groups in total. The Bertz CT molecular complexity index is 1190. The molecule has 1 amide bonds. The molecule has 5 nitrogen and oxygen atoms in total. The Morgan fingerprint density at radius 1 is 1.10 bits per heavy atom. The fourth-order valence-corrected chi connectivity index (χ4v) is 3.36. The number of ether oxygens (including phenoxy) is 1. The Labute approximate surface area is 182 Å². The monoisotopic (exact) mass is 414 g/mol. The lowest BCUT2D eigenvalue weighted by Gasteiger charge is -2.11. The quantitative estimate of drug-likeness (QED) is 0.383. The molecule has 0 aliphatic rings. The number of benzene rings is 3. The number of nitrogens with one attached hydrogen (secondary N) is 1. The van der Waals surface area contributed by atoms with Crippen molar-refractivity contribution < 1.29 is 13.9 Å². The van der Waals surface area contributed by atoms with Crippen molar-refractivity contribution in [1.29, 1.82) is 0 Å². The molecule has 1 atom stereocenters. The molecule has 0 spiro atoms. The number of aryl methyl sites for hydroxylation is 1. The Morgan fingerprint density at radius 2 is 1.90 bits per heavy atom. The van der Waals surface area contributed by atoms with Gasteiger partial charge in [-0.15, -0.1) is 0 Å². The molecule has 0 saturated heterocycles. The van der Waals surface area contributed by atoms with Crippen molar-refractivity contribution in [3.8, 4) is 17.2 Å². The van der Waals surface area contributed by atoms with Gasteiger partial charge < -0.3 is 14.5 Å². The average Bonchev–Trinajstić information content (AvgIpc) is 3.21. The fraction of sp³-hybridized carbons (Fsp3) is 0.231. The largest absolute Gasteiger partial charge is 0.484 e. The van der Waals surface area contributed by atoms with E-state index in [9.17, 15) is 4.79 Å². The molecule has 0 bridgehead atoms. The number of aromatic nitrogens is 1. The van der Waals surface area contributed by atoms with E-state index in [0.29, 0.717) is 23.2 Å². The molecule has 0 aliphatic heterocycles. The highest BCUT2D eigenvalue weighted by molar-refractivity contribution is 5.92. The molecule has 0 aliphatic carbocycles. The summed E-state index contributed by atoms with van der Waals surface area (Å²) in [5, 5.41) is 2.87. The van der Waals surface area contributed by atoms with E-state index in [0.717, 1.165) is 28.6 Å². The van der Waals surface area contributed by atoms with Crippen LogP contribution in [0.5, 0.6) is 5.75 Å². The van der Waals surface area contributed by atoms with Crippen molar-refractivity contribution in [2.45, 2.75) is 33.1 Å². The fourth-order valence-electron chi connectivity index (χ4n) is 3.36. The first-order chi connectivity index (χ1) is 15.0. The summed E-state index contributed by atoms with van der Waals surface area (Å²) < 4.78 is 11.5. The number of amides is 1. The summed E-state index contributed by atoms with van der Waals surface area (Å²) in [6, 6.07) is 21.3. The lowest BCUT2D eigenvalue weighted by atomic mass is 9.99. The molecular weight excluding hydrogens is 388 g/mol. The second-order valence-electron chi connectivity index (χ2n) is 7.79. The van der Waals surface area contributed by atoms with Crippen LogP contribution >= 0.6 is 0 Å². The third-order valence-electron chi connectivity index (χ3n) is 5.37. The van der Waals surface area contributed by atoms with Crippen molar-refractivity contribution in [3.63, 3.8) is 0 Å². The third kappa shape index (κ3) is 4.94. The number of hydrogen-bond acceptors (Lipinski definition) is 4. The Morgan fingerprint density at radius 3 is 2.68 bits per heavy atom. The molecule has 4 rings (SSSR count). The Kier molecular flexibility index (Phi) is 6.03. The minimum Gasteiger partial charge on any atom is -0.484 e. The van der Waals surface area contributed by atoms with Gasteiger partial charge >= 0.3 is 0 Å². The van der Waals surface area contributed by atoms with Crippen molar-refractivity contribution >= 4 is 22.7 Å². The summed E-state index contributed by atoms with van der Waals surface area (Å²) in [6.45, 7) is 6.31.